The van der Waals surface area contributed by atoms with Gasteiger partial charge >= 0.3 is 0 Å². The molecule has 1 N–H and O–H groups in total. The zero-order valence-electron chi connectivity index (χ0n) is 9.47. The normalized spacial score (nSPS) is 12.1. The van der Waals surface area contributed by atoms with Crippen LogP contribution >= 0.6 is 0 Å². The largest absolute Gasteiger partial charge is 0.388 e. The van der Waals surface area contributed by atoms with E-state index in [1.165, 1.54) is 38.5 Å². The smallest absolute Gasteiger partial charge is 0.0794 e. The molecule has 14 heavy (non-hydrogen) atoms. The summed E-state index contributed by atoms with van der Waals surface area (Å²) in [6.07, 6.45) is 11.2. The number of hydrogen-bond donors (Lipinski definition) is 1. The van der Waals surface area contributed by atoms with Crippen molar-refractivity contribution < 1.29 is 5.11 Å². The van der Waals surface area contributed by atoms with Crippen molar-refractivity contribution in [1.29, 1.82) is 0 Å². The van der Waals surface area contributed by atoms with Crippen LogP contribution in [0, 0.1) is 0 Å². The second-order valence-electron chi connectivity index (χ2n) is 3.85. The Bertz CT molecular complexity index is 157. The second kappa shape index (κ2) is 10.6. The lowest BCUT2D eigenvalue weighted by Crippen LogP contribution is -2.00. The molecule has 0 aliphatic heterocycles. The summed E-state index contributed by atoms with van der Waals surface area (Å²) in [5.41, 5.74) is 2.61. The Morgan fingerprint density at radius 2 is 1.71 bits per heavy atom. The summed E-state index contributed by atoms with van der Waals surface area (Å²) in [5, 5.41) is 9.33. The minimum atomic E-state index is -0.330. The number of aliphatic hydroxyl groups excluding tert-OH is 1. The van der Waals surface area contributed by atoms with Gasteiger partial charge in [0.2, 0.25) is 0 Å². The lowest BCUT2D eigenvalue weighted by Gasteiger charge is -2.04. The highest BCUT2D eigenvalue weighted by Crippen LogP contribution is 2.09. The average molecular weight is 196 g/mol. The molecule has 1 nitrogen and oxygen atoms in total. The molecule has 1 heteroatoms. The van der Waals surface area contributed by atoms with Crippen molar-refractivity contribution in [3.8, 4) is 0 Å². The number of aliphatic hydroxyl groups is 1. The molecule has 0 aromatic rings. The van der Waals surface area contributed by atoms with Gasteiger partial charge in [0.1, 0.15) is 0 Å². The monoisotopic (exact) mass is 196 g/mol. The first-order valence-corrected chi connectivity index (χ1v) is 5.85. The topological polar surface area (TPSA) is 20.2 Å². The van der Waals surface area contributed by atoms with Crippen LogP contribution in [0.15, 0.2) is 18.4 Å². The highest BCUT2D eigenvalue weighted by molar-refractivity contribution is 4.83. The number of unbranched alkanes of at least 4 members (excludes halogenated alkanes) is 6. The number of rotatable bonds is 9. The summed E-state index contributed by atoms with van der Waals surface area (Å²) in [7, 11) is 0. The Morgan fingerprint density at radius 1 is 1.14 bits per heavy atom. The van der Waals surface area contributed by atoms with E-state index in [1.807, 2.05) is 0 Å². The van der Waals surface area contributed by atoms with Crippen molar-refractivity contribution in [2.45, 2.75) is 64.4 Å². The summed E-state index contributed by atoms with van der Waals surface area (Å²) in [6.45, 7) is 5.67. The third-order valence-corrected chi connectivity index (χ3v) is 2.41. The maximum absolute atomic E-state index is 9.33. The van der Waals surface area contributed by atoms with Gasteiger partial charge in [-0.25, -0.2) is 0 Å². The third-order valence-electron chi connectivity index (χ3n) is 2.41. The van der Waals surface area contributed by atoms with Crippen molar-refractivity contribution >= 4 is 0 Å². The fourth-order valence-corrected chi connectivity index (χ4v) is 1.53. The first-order chi connectivity index (χ1) is 6.81. The molecule has 0 saturated heterocycles. The van der Waals surface area contributed by atoms with E-state index >= 15 is 0 Å². The highest BCUT2D eigenvalue weighted by atomic mass is 16.3. The molecular weight excluding hydrogens is 172 g/mol. The molecule has 0 aromatic heterocycles. The molecule has 1 atom stereocenters. The van der Waals surface area contributed by atoms with E-state index in [1.54, 1.807) is 6.08 Å². The van der Waals surface area contributed by atoms with E-state index in [9.17, 15) is 5.11 Å². The van der Waals surface area contributed by atoms with Gasteiger partial charge in [-0.05, 0) is 12.5 Å². The summed E-state index contributed by atoms with van der Waals surface area (Å²) < 4.78 is 0. The standard InChI is InChI=1S/C13H24O/c1-3-5-6-7-8-9-10-12-13(14)11-4-2/h11,13-14H,2-3,5-10,12H2,1H3. The van der Waals surface area contributed by atoms with E-state index in [2.05, 4.69) is 19.2 Å². The Balaban J connectivity index is 3.09. The van der Waals surface area contributed by atoms with Crippen LogP contribution in [0.5, 0.6) is 0 Å². The van der Waals surface area contributed by atoms with Gasteiger partial charge in [0, 0.05) is 0 Å². The molecule has 82 valence electrons. The van der Waals surface area contributed by atoms with Crippen molar-refractivity contribution in [3.05, 3.63) is 18.4 Å². The lowest BCUT2D eigenvalue weighted by molar-refractivity contribution is 0.208. The number of hydrogen-bond acceptors (Lipinski definition) is 1. The molecular formula is C13H24O. The molecule has 0 aliphatic rings. The van der Waals surface area contributed by atoms with Crippen LogP contribution in [0.25, 0.3) is 0 Å². The van der Waals surface area contributed by atoms with E-state index < -0.39 is 0 Å². The predicted octanol–water partition coefficient (Wildman–Crippen LogP) is 3.83. The van der Waals surface area contributed by atoms with Crippen molar-refractivity contribution in [1.82, 2.24) is 0 Å². The molecule has 0 fully saturated rings. The van der Waals surface area contributed by atoms with Crippen LogP contribution in [-0.2, 0) is 0 Å². The van der Waals surface area contributed by atoms with Crippen LogP contribution in [0.4, 0.5) is 0 Å². The first kappa shape index (κ1) is 13.5. The van der Waals surface area contributed by atoms with Crippen molar-refractivity contribution in [2.24, 2.45) is 0 Å². The van der Waals surface area contributed by atoms with Gasteiger partial charge in [0.05, 0.1) is 6.10 Å². The third kappa shape index (κ3) is 9.57. The zero-order chi connectivity index (χ0) is 10.6. The van der Waals surface area contributed by atoms with Gasteiger partial charge in [0.25, 0.3) is 0 Å². The van der Waals surface area contributed by atoms with E-state index in [-0.39, 0.29) is 6.10 Å². The molecule has 0 bridgehead atoms. The summed E-state index contributed by atoms with van der Waals surface area (Å²) in [5.74, 6) is 0. The van der Waals surface area contributed by atoms with Gasteiger partial charge in [-0.3, -0.25) is 0 Å². The highest BCUT2D eigenvalue weighted by Gasteiger charge is 1.97. The van der Waals surface area contributed by atoms with Crippen molar-refractivity contribution in [3.63, 3.8) is 0 Å². The summed E-state index contributed by atoms with van der Waals surface area (Å²) >= 11 is 0. The van der Waals surface area contributed by atoms with E-state index in [0.29, 0.717) is 0 Å². The molecule has 0 heterocycles. The summed E-state index contributed by atoms with van der Waals surface area (Å²) in [6, 6.07) is 0. The predicted molar refractivity (Wildman–Crippen MR) is 62.3 cm³/mol. The van der Waals surface area contributed by atoms with Crippen LogP contribution in [-0.4, -0.2) is 11.2 Å². The fraction of sp³-hybridized carbons (Fsp3) is 0.769. The first-order valence-electron chi connectivity index (χ1n) is 5.85. The molecule has 1 unspecified atom stereocenters. The molecule has 0 spiro atoms. The Labute approximate surface area is 88.5 Å². The van der Waals surface area contributed by atoms with Gasteiger partial charge in [-0.15, -0.1) is 5.73 Å². The SMILES string of the molecule is C=C=CC(O)CCCCCCCCC. The van der Waals surface area contributed by atoms with Gasteiger partial charge < -0.3 is 5.11 Å². The molecule has 0 aromatic carbocycles. The van der Waals surface area contributed by atoms with Gasteiger partial charge in [-0.1, -0.05) is 58.4 Å². The Morgan fingerprint density at radius 3 is 2.29 bits per heavy atom. The van der Waals surface area contributed by atoms with E-state index in [0.717, 1.165) is 12.8 Å². The maximum Gasteiger partial charge on any atom is 0.0794 e. The second-order valence-corrected chi connectivity index (χ2v) is 3.85. The van der Waals surface area contributed by atoms with E-state index in [4.69, 9.17) is 0 Å². The molecule has 0 amide bonds. The van der Waals surface area contributed by atoms with Gasteiger partial charge in [-0.2, -0.15) is 0 Å². The minimum Gasteiger partial charge on any atom is -0.388 e. The quantitative estimate of drug-likeness (QED) is 0.439. The lowest BCUT2D eigenvalue weighted by atomic mass is 10.1. The fourth-order valence-electron chi connectivity index (χ4n) is 1.53. The van der Waals surface area contributed by atoms with Crippen LogP contribution in [0.2, 0.25) is 0 Å². The molecule has 0 aliphatic carbocycles. The molecule has 0 saturated carbocycles. The van der Waals surface area contributed by atoms with Crippen LogP contribution in [0.1, 0.15) is 58.3 Å². The minimum absolute atomic E-state index is 0.330. The average Bonchev–Trinajstić information content (AvgIpc) is 2.17. The molecule has 0 radical (unpaired) electrons. The Hall–Kier alpha value is -0.520. The summed E-state index contributed by atoms with van der Waals surface area (Å²) in [4.78, 5) is 0. The maximum atomic E-state index is 9.33. The van der Waals surface area contributed by atoms with Crippen LogP contribution < -0.4 is 0 Å². The van der Waals surface area contributed by atoms with Crippen molar-refractivity contribution in [2.75, 3.05) is 0 Å². The molecule has 0 rings (SSSR count). The van der Waals surface area contributed by atoms with Crippen LogP contribution in [0.3, 0.4) is 0 Å². The Kier molecular flexibility index (Phi) is 10.2. The van der Waals surface area contributed by atoms with Gasteiger partial charge in [0.15, 0.2) is 0 Å². The zero-order valence-corrected chi connectivity index (χ0v) is 9.47.